The van der Waals surface area contributed by atoms with Gasteiger partial charge in [-0.05, 0) is 12.8 Å². The second-order valence-electron chi connectivity index (χ2n) is 4.92. The van der Waals surface area contributed by atoms with E-state index in [-0.39, 0.29) is 5.91 Å². The van der Waals surface area contributed by atoms with E-state index in [0.29, 0.717) is 11.0 Å². The van der Waals surface area contributed by atoms with Gasteiger partial charge < -0.3 is 5.73 Å². The average Bonchev–Trinajstić information content (AvgIpc) is 2.88. The monoisotopic (exact) mass is 254 g/mol. The summed E-state index contributed by atoms with van der Waals surface area (Å²) in [6.07, 6.45) is 3.57. The Kier molecular flexibility index (Phi) is 3.44. The van der Waals surface area contributed by atoms with Gasteiger partial charge in [-0.1, -0.05) is 38.0 Å². The number of nitrogens with two attached hydrogens (primary N) is 1. The zero-order valence-corrected chi connectivity index (χ0v) is 11.0. The molecule has 0 unspecified atom stereocenters. The van der Waals surface area contributed by atoms with Crippen LogP contribution in [-0.2, 0) is 4.79 Å². The maximum Gasteiger partial charge on any atom is 0.246 e. The Morgan fingerprint density at radius 2 is 2.06 bits per heavy atom. The van der Waals surface area contributed by atoms with Crippen molar-refractivity contribution in [2.75, 3.05) is 5.32 Å². The van der Waals surface area contributed by atoms with Gasteiger partial charge in [-0.25, -0.2) is 0 Å². The van der Waals surface area contributed by atoms with Crippen LogP contribution in [-0.4, -0.2) is 21.6 Å². The van der Waals surface area contributed by atoms with Crippen molar-refractivity contribution in [2.24, 2.45) is 5.73 Å². The van der Waals surface area contributed by atoms with Crippen LogP contribution in [0.25, 0.3) is 0 Å². The Balaban J connectivity index is 2.02. The lowest BCUT2D eigenvalue weighted by Gasteiger charge is -2.20. The lowest BCUT2D eigenvalue weighted by molar-refractivity contribution is -0.121. The predicted octanol–water partition coefficient (Wildman–Crippen LogP) is 1.87. The third-order valence-electron chi connectivity index (χ3n) is 3.10. The van der Waals surface area contributed by atoms with E-state index >= 15 is 0 Å². The topological polar surface area (TPSA) is 80.9 Å². The van der Waals surface area contributed by atoms with E-state index < -0.39 is 5.54 Å². The summed E-state index contributed by atoms with van der Waals surface area (Å²) >= 11 is 1.42. The predicted molar refractivity (Wildman–Crippen MR) is 68.0 cm³/mol. The van der Waals surface area contributed by atoms with Gasteiger partial charge in [0.25, 0.3) is 0 Å². The van der Waals surface area contributed by atoms with Crippen molar-refractivity contribution in [3.8, 4) is 0 Å². The van der Waals surface area contributed by atoms with Crippen molar-refractivity contribution < 1.29 is 4.79 Å². The number of hydrogen-bond donors (Lipinski definition) is 2. The molecule has 1 heterocycles. The molecule has 1 aromatic rings. The minimum atomic E-state index is -0.705. The third kappa shape index (κ3) is 2.63. The summed E-state index contributed by atoms with van der Waals surface area (Å²) in [5, 5.41) is 12.3. The van der Waals surface area contributed by atoms with Gasteiger partial charge in [0.2, 0.25) is 11.0 Å². The number of amides is 1. The van der Waals surface area contributed by atoms with Crippen LogP contribution >= 0.6 is 11.3 Å². The van der Waals surface area contributed by atoms with E-state index in [1.807, 2.05) is 13.8 Å². The van der Waals surface area contributed by atoms with Crippen molar-refractivity contribution in [3.63, 3.8) is 0 Å². The largest absolute Gasteiger partial charge is 0.317 e. The van der Waals surface area contributed by atoms with Crippen LogP contribution in [0.15, 0.2) is 0 Å². The van der Waals surface area contributed by atoms with Crippen LogP contribution in [0.2, 0.25) is 0 Å². The molecule has 1 aliphatic carbocycles. The van der Waals surface area contributed by atoms with Gasteiger partial charge in [0.1, 0.15) is 5.01 Å². The smallest absolute Gasteiger partial charge is 0.246 e. The molecule has 3 N–H and O–H groups in total. The standard InChI is InChI=1S/C11H18N4OS/c1-7(2)8-14-15-10(17-8)13-9(16)11(12)5-3-4-6-11/h7H,3-6,12H2,1-2H3,(H,13,15,16). The molecule has 0 aliphatic heterocycles. The summed E-state index contributed by atoms with van der Waals surface area (Å²) in [5.41, 5.74) is 5.36. The Labute approximate surface area is 105 Å². The van der Waals surface area contributed by atoms with E-state index in [1.165, 1.54) is 11.3 Å². The second-order valence-corrected chi connectivity index (χ2v) is 5.93. The van der Waals surface area contributed by atoms with Crippen molar-refractivity contribution in [1.29, 1.82) is 0 Å². The first-order valence-electron chi connectivity index (χ1n) is 5.95. The lowest BCUT2D eigenvalue weighted by Crippen LogP contribution is -2.48. The lowest BCUT2D eigenvalue weighted by atomic mass is 9.98. The molecule has 0 bridgehead atoms. The van der Waals surface area contributed by atoms with Crippen LogP contribution in [0.3, 0.4) is 0 Å². The molecule has 0 spiro atoms. The summed E-state index contributed by atoms with van der Waals surface area (Å²) in [4.78, 5) is 12.0. The third-order valence-corrected chi connectivity index (χ3v) is 4.24. The van der Waals surface area contributed by atoms with E-state index in [1.54, 1.807) is 0 Å². The maximum absolute atomic E-state index is 12.0. The molecule has 0 aromatic carbocycles. The highest BCUT2D eigenvalue weighted by atomic mass is 32.1. The van der Waals surface area contributed by atoms with Crippen molar-refractivity contribution in [1.82, 2.24) is 10.2 Å². The zero-order chi connectivity index (χ0) is 12.5. The molecule has 0 radical (unpaired) electrons. The van der Waals surface area contributed by atoms with Crippen LogP contribution in [0.5, 0.6) is 0 Å². The first kappa shape index (κ1) is 12.4. The molecule has 6 heteroatoms. The number of rotatable bonds is 3. The molecular weight excluding hydrogens is 236 g/mol. The fourth-order valence-corrected chi connectivity index (χ4v) is 2.71. The van der Waals surface area contributed by atoms with Crippen LogP contribution in [0.1, 0.15) is 50.5 Å². The van der Waals surface area contributed by atoms with E-state index in [9.17, 15) is 4.79 Å². The van der Waals surface area contributed by atoms with E-state index in [0.717, 1.165) is 30.7 Å². The molecular formula is C11H18N4OS. The Morgan fingerprint density at radius 3 is 2.59 bits per heavy atom. The molecule has 5 nitrogen and oxygen atoms in total. The van der Waals surface area contributed by atoms with Gasteiger partial charge in [0.15, 0.2) is 0 Å². The summed E-state index contributed by atoms with van der Waals surface area (Å²) in [5.74, 6) is 0.206. The number of hydrogen-bond acceptors (Lipinski definition) is 5. The van der Waals surface area contributed by atoms with Gasteiger partial charge in [0, 0.05) is 5.92 Å². The Hall–Kier alpha value is -1.01. The van der Waals surface area contributed by atoms with Gasteiger partial charge in [-0.3, -0.25) is 10.1 Å². The molecule has 1 fully saturated rings. The molecule has 1 saturated carbocycles. The summed E-state index contributed by atoms with van der Waals surface area (Å²) in [6, 6.07) is 0. The minimum absolute atomic E-state index is 0.124. The number of nitrogens with one attached hydrogen (secondary N) is 1. The number of carbonyl (C=O) groups is 1. The zero-order valence-electron chi connectivity index (χ0n) is 10.2. The highest BCUT2D eigenvalue weighted by Crippen LogP contribution is 2.29. The molecule has 1 amide bonds. The quantitative estimate of drug-likeness (QED) is 0.863. The molecule has 1 aromatic heterocycles. The van der Waals surface area contributed by atoms with Crippen molar-refractivity contribution >= 4 is 22.4 Å². The second kappa shape index (κ2) is 4.70. The van der Waals surface area contributed by atoms with Gasteiger partial charge >= 0.3 is 0 Å². The normalized spacial score (nSPS) is 18.6. The fourth-order valence-electron chi connectivity index (χ4n) is 1.97. The SMILES string of the molecule is CC(C)c1nnc(NC(=O)C2(N)CCCC2)s1. The van der Waals surface area contributed by atoms with Crippen molar-refractivity contribution in [3.05, 3.63) is 5.01 Å². The molecule has 2 rings (SSSR count). The number of anilines is 1. The van der Waals surface area contributed by atoms with E-state index in [4.69, 9.17) is 5.73 Å². The molecule has 0 atom stereocenters. The van der Waals surface area contributed by atoms with Gasteiger partial charge in [-0.2, -0.15) is 0 Å². The Bertz CT molecular complexity index is 409. The summed E-state index contributed by atoms with van der Waals surface area (Å²) < 4.78 is 0. The van der Waals surface area contributed by atoms with Crippen LogP contribution < -0.4 is 11.1 Å². The highest BCUT2D eigenvalue weighted by Gasteiger charge is 2.37. The first-order chi connectivity index (χ1) is 8.01. The summed E-state index contributed by atoms with van der Waals surface area (Å²) in [7, 11) is 0. The minimum Gasteiger partial charge on any atom is -0.317 e. The molecule has 94 valence electrons. The average molecular weight is 254 g/mol. The summed E-state index contributed by atoms with van der Waals surface area (Å²) in [6.45, 7) is 4.10. The molecule has 17 heavy (non-hydrogen) atoms. The fraction of sp³-hybridized carbons (Fsp3) is 0.727. The number of carbonyl (C=O) groups excluding carboxylic acids is 1. The van der Waals surface area contributed by atoms with Crippen molar-refractivity contribution in [2.45, 2.75) is 51.0 Å². The van der Waals surface area contributed by atoms with Crippen LogP contribution in [0.4, 0.5) is 5.13 Å². The molecule has 0 saturated heterocycles. The maximum atomic E-state index is 12.0. The van der Waals surface area contributed by atoms with Crippen LogP contribution in [0, 0.1) is 0 Å². The first-order valence-corrected chi connectivity index (χ1v) is 6.77. The van der Waals surface area contributed by atoms with Gasteiger partial charge in [-0.15, -0.1) is 10.2 Å². The Morgan fingerprint density at radius 1 is 1.41 bits per heavy atom. The molecule has 1 aliphatic rings. The highest BCUT2D eigenvalue weighted by molar-refractivity contribution is 7.15. The number of nitrogens with zero attached hydrogens (tertiary/aromatic N) is 2. The van der Waals surface area contributed by atoms with E-state index in [2.05, 4.69) is 15.5 Å². The number of aromatic nitrogens is 2. The van der Waals surface area contributed by atoms with Gasteiger partial charge in [0.05, 0.1) is 5.54 Å².